The van der Waals surface area contributed by atoms with Crippen LogP contribution in [0.15, 0.2) is 30.3 Å². The minimum Gasteiger partial charge on any atom is -0.354 e. The van der Waals surface area contributed by atoms with Crippen molar-refractivity contribution in [3.63, 3.8) is 0 Å². The van der Waals surface area contributed by atoms with Gasteiger partial charge >= 0.3 is 0 Å². The maximum absolute atomic E-state index is 13.4. The lowest BCUT2D eigenvalue weighted by atomic mass is 9.83. The Morgan fingerprint density at radius 3 is 2.68 bits per heavy atom. The Kier molecular flexibility index (Phi) is 7.49. The molecule has 2 aliphatic heterocycles. The van der Waals surface area contributed by atoms with Crippen molar-refractivity contribution in [3.05, 3.63) is 35.9 Å². The van der Waals surface area contributed by atoms with E-state index >= 15 is 0 Å². The van der Waals surface area contributed by atoms with Crippen molar-refractivity contribution < 1.29 is 9.59 Å². The van der Waals surface area contributed by atoms with Crippen molar-refractivity contribution in [3.8, 4) is 0 Å². The van der Waals surface area contributed by atoms with Crippen LogP contribution >= 0.6 is 0 Å². The molecule has 0 bridgehead atoms. The second-order valence-corrected chi connectivity index (χ2v) is 8.46. The van der Waals surface area contributed by atoms with E-state index < -0.39 is 0 Å². The van der Waals surface area contributed by atoms with Gasteiger partial charge in [-0.3, -0.25) is 9.59 Å². The van der Waals surface area contributed by atoms with Crippen LogP contribution in [0, 0.1) is 11.8 Å². The van der Waals surface area contributed by atoms with Crippen LogP contribution in [0.1, 0.15) is 57.4 Å². The average Bonchev–Trinajstić information content (AvgIpc) is 3.28. The van der Waals surface area contributed by atoms with Crippen molar-refractivity contribution in [2.45, 2.75) is 57.9 Å². The number of amides is 2. The lowest BCUT2D eigenvalue weighted by Gasteiger charge is -2.36. The van der Waals surface area contributed by atoms with Gasteiger partial charge in [0.25, 0.3) is 0 Å². The molecule has 0 aromatic heterocycles. The molecule has 2 saturated heterocycles. The van der Waals surface area contributed by atoms with E-state index in [9.17, 15) is 9.59 Å². The van der Waals surface area contributed by atoms with E-state index in [0.717, 1.165) is 57.3 Å². The van der Waals surface area contributed by atoms with E-state index in [1.807, 2.05) is 23.1 Å². The summed E-state index contributed by atoms with van der Waals surface area (Å²) in [4.78, 5) is 27.7. The minimum atomic E-state index is -0.0813. The topological polar surface area (TPSA) is 61.4 Å². The van der Waals surface area contributed by atoms with Gasteiger partial charge in [0.15, 0.2) is 0 Å². The summed E-state index contributed by atoms with van der Waals surface area (Å²) < 4.78 is 0. The van der Waals surface area contributed by atoms with Crippen LogP contribution in [0.4, 0.5) is 0 Å². The van der Waals surface area contributed by atoms with E-state index in [1.54, 1.807) is 0 Å². The molecule has 0 radical (unpaired) electrons. The summed E-state index contributed by atoms with van der Waals surface area (Å²) in [5.74, 6) is 0.929. The highest BCUT2D eigenvalue weighted by molar-refractivity contribution is 5.84. The number of likely N-dealkylation sites (tertiary alicyclic amines) is 1. The van der Waals surface area contributed by atoms with Crippen LogP contribution in [0.25, 0.3) is 0 Å². The second-order valence-electron chi connectivity index (χ2n) is 8.46. The Bertz CT molecular complexity index is 643. The molecule has 2 amide bonds. The number of hydrogen-bond acceptors (Lipinski definition) is 3. The van der Waals surface area contributed by atoms with Crippen LogP contribution in [0.3, 0.4) is 0 Å². The fraction of sp³-hybridized carbons (Fsp3) is 0.652. The second kappa shape index (κ2) is 10.1. The molecule has 0 aliphatic carbocycles. The van der Waals surface area contributed by atoms with Gasteiger partial charge in [0.2, 0.25) is 11.8 Å². The van der Waals surface area contributed by atoms with Gasteiger partial charge in [-0.25, -0.2) is 0 Å². The molecule has 2 aliphatic rings. The minimum absolute atomic E-state index is 0.0332. The number of carbonyl (C=O) groups is 2. The average molecular weight is 386 g/mol. The third-order valence-corrected chi connectivity index (χ3v) is 6.41. The number of piperidine rings is 1. The predicted octanol–water partition coefficient (Wildman–Crippen LogP) is 2.92. The molecule has 28 heavy (non-hydrogen) atoms. The smallest absolute Gasteiger partial charge is 0.237 e. The first-order valence-corrected chi connectivity index (χ1v) is 10.9. The highest BCUT2D eigenvalue weighted by Crippen LogP contribution is 2.30. The van der Waals surface area contributed by atoms with Crippen molar-refractivity contribution in [1.29, 1.82) is 0 Å². The first-order valence-electron chi connectivity index (χ1n) is 10.9. The summed E-state index contributed by atoms with van der Waals surface area (Å²) in [6.45, 7) is 7.50. The zero-order chi connectivity index (χ0) is 19.9. The van der Waals surface area contributed by atoms with E-state index in [-0.39, 0.29) is 23.8 Å². The van der Waals surface area contributed by atoms with Gasteiger partial charge in [-0.2, -0.15) is 0 Å². The summed E-state index contributed by atoms with van der Waals surface area (Å²) >= 11 is 0. The Hall–Kier alpha value is -1.88. The van der Waals surface area contributed by atoms with E-state index in [0.29, 0.717) is 18.4 Å². The largest absolute Gasteiger partial charge is 0.354 e. The van der Waals surface area contributed by atoms with E-state index in [4.69, 9.17) is 0 Å². The third-order valence-electron chi connectivity index (χ3n) is 6.41. The summed E-state index contributed by atoms with van der Waals surface area (Å²) in [5.41, 5.74) is 1.12. The molecule has 154 valence electrons. The molecule has 4 atom stereocenters. The molecule has 2 N–H and O–H groups in total. The van der Waals surface area contributed by atoms with Gasteiger partial charge in [-0.15, -0.1) is 0 Å². The number of nitrogens with zero attached hydrogens (tertiary/aromatic N) is 1. The molecule has 1 aromatic rings. The molecule has 4 unspecified atom stereocenters. The number of nitrogens with one attached hydrogen (secondary N) is 2. The SMILES string of the molecule is CCC(C)C(C(=O)N1CCCC(CNC(=O)C2CCCN2)C1)c1ccccc1. The van der Waals surface area contributed by atoms with Gasteiger partial charge in [0, 0.05) is 19.6 Å². The molecule has 2 fully saturated rings. The molecular formula is C23H35N3O2. The third kappa shape index (κ3) is 5.13. The number of rotatable bonds is 7. The number of hydrogen-bond donors (Lipinski definition) is 2. The molecule has 5 heteroatoms. The van der Waals surface area contributed by atoms with Gasteiger partial charge in [0.1, 0.15) is 0 Å². The van der Waals surface area contributed by atoms with Gasteiger partial charge in [-0.05, 0) is 49.6 Å². The summed E-state index contributed by atoms with van der Waals surface area (Å²) in [6.07, 6.45) is 5.06. The number of carbonyl (C=O) groups excluding carboxylic acids is 2. The molecule has 5 nitrogen and oxygen atoms in total. The summed E-state index contributed by atoms with van der Waals surface area (Å²) in [7, 11) is 0. The molecule has 1 aromatic carbocycles. The van der Waals surface area contributed by atoms with Gasteiger partial charge < -0.3 is 15.5 Å². The Morgan fingerprint density at radius 1 is 1.21 bits per heavy atom. The van der Waals surface area contributed by atoms with Gasteiger partial charge in [0.05, 0.1) is 12.0 Å². The lowest BCUT2D eigenvalue weighted by Crippen LogP contribution is -2.48. The Labute approximate surface area is 169 Å². The van der Waals surface area contributed by atoms with Gasteiger partial charge in [-0.1, -0.05) is 50.6 Å². The van der Waals surface area contributed by atoms with Crippen molar-refractivity contribution in [2.24, 2.45) is 11.8 Å². The van der Waals surface area contributed by atoms with Crippen LogP contribution in [0.5, 0.6) is 0 Å². The standard InChI is InChI=1S/C23H35N3O2/c1-3-17(2)21(19-10-5-4-6-11-19)23(28)26-14-8-9-18(16-26)15-25-22(27)20-12-7-13-24-20/h4-6,10-11,17-18,20-21,24H,3,7-9,12-16H2,1-2H3,(H,25,27). The zero-order valence-electron chi connectivity index (χ0n) is 17.3. The first kappa shape index (κ1) is 20.8. The number of benzene rings is 1. The normalized spacial score (nSPS) is 24.6. The van der Waals surface area contributed by atoms with Crippen LogP contribution in [-0.2, 0) is 9.59 Å². The molecule has 0 saturated carbocycles. The fourth-order valence-electron chi connectivity index (χ4n) is 4.52. The van der Waals surface area contributed by atoms with E-state index in [2.05, 4.69) is 36.6 Å². The van der Waals surface area contributed by atoms with Crippen LogP contribution in [-0.4, -0.2) is 48.9 Å². The van der Waals surface area contributed by atoms with Crippen LogP contribution < -0.4 is 10.6 Å². The lowest BCUT2D eigenvalue weighted by molar-refractivity contribution is -0.135. The molecule has 2 heterocycles. The maximum Gasteiger partial charge on any atom is 0.237 e. The first-order chi connectivity index (χ1) is 13.6. The highest BCUT2D eigenvalue weighted by Gasteiger charge is 2.33. The quantitative estimate of drug-likeness (QED) is 0.759. The summed E-state index contributed by atoms with van der Waals surface area (Å²) in [6, 6.07) is 10.2. The molecule has 0 spiro atoms. The van der Waals surface area contributed by atoms with Crippen molar-refractivity contribution in [1.82, 2.24) is 15.5 Å². The predicted molar refractivity (Wildman–Crippen MR) is 112 cm³/mol. The molecular weight excluding hydrogens is 350 g/mol. The van der Waals surface area contributed by atoms with Crippen LogP contribution in [0.2, 0.25) is 0 Å². The van der Waals surface area contributed by atoms with Crippen molar-refractivity contribution in [2.75, 3.05) is 26.2 Å². The maximum atomic E-state index is 13.4. The van der Waals surface area contributed by atoms with Crippen molar-refractivity contribution >= 4 is 11.8 Å². The highest BCUT2D eigenvalue weighted by atomic mass is 16.2. The fourth-order valence-corrected chi connectivity index (χ4v) is 4.52. The Balaban J connectivity index is 1.60. The van der Waals surface area contributed by atoms with E-state index in [1.165, 1.54) is 0 Å². The molecule has 3 rings (SSSR count). The monoisotopic (exact) mass is 385 g/mol. The Morgan fingerprint density at radius 2 is 2.00 bits per heavy atom. The summed E-state index contributed by atoms with van der Waals surface area (Å²) in [5, 5.41) is 6.36. The zero-order valence-corrected chi connectivity index (χ0v) is 17.3.